The van der Waals surface area contributed by atoms with Crippen LogP contribution in [0.2, 0.25) is 0 Å². The number of carbonyl (C=O) groups excluding carboxylic acids is 1. The number of benzene rings is 3. The summed E-state index contributed by atoms with van der Waals surface area (Å²) in [5, 5.41) is 7.99. The molecule has 3 aromatic carbocycles. The molecule has 0 radical (unpaired) electrons. The number of carbonyl (C=O) groups is 2. The third-order valence-electron chi connectivity index (χ3n) is 6.77. The zero-order chi connectivity index (χ0) is 26.6. The Hall–Kier alpha value is -3.21. The second kappa shape index (κ2) is 15.9. The molecule has 1 aliphatic heterocycles. The number of hydrogen-bond acceptors (Lipinski definition) is 3. The minimum Gasteiger partial charge on any atom is -0.481 e. The Labute approximate surface area is 233 Å². The minimum absolute atomic E-state index is 0. The van der Waals surface area contributed by atoms with Crippen molar-refractivity contribution >= 4 is 29.7 Å². The van der Waals surface area contributed by atoms with Gasteiger partial charge in [-0.3, -0.25) is 9.59 Å². The van der Waals surface area contributed by atoms with Crippen LogP contribution in [0.15, 0.2) is 90.5 Å². The van der Waals surface area contributed by atoms with Crippen molar-refractivity contribution in [3.8, 4) is 0 Å². The molecule has 0 unspecified atom stereocenters. The number of carboxylic acid groups (broad SMARTS) is 1. The molecule has 5 heteroatoms. The Kier molecular flexibility index (Phi) is 13.0. The molecule has 0 aliphatic carbocycles. The van der Waals surface area contributed by atoms with Crippen LogP contribution >= 0.6 is 12.4 Å². The van der Waals surface area contributed by atoms with Crippen molar-refractivity contribution in [1.29, 1.82) is 0 Å². The lowest BCUT2D eigenvalue weighted by Gasteiger charge is -2.30. The van der Waals surface area contributed by atoms with Crippen molar-refractivity contribution in [2.75, 3.05) is 19.6 Å². The van der Waals surface area contributed by atoms with Gasteiger partial charge in [0.2, 0.25) is 0 Å². The van der Waals surface area contributed by atoms with E-state index in [0.29, 0.717) is 6.42 Å². The van der Waals surface area contributed by atoms with Gasteiger partial charge in [0.05, 0.1) is 5.92 Å². The first-order chi connectivity index (χ1) is 17.9. The lowest BCUT2D eigenvalue weighted by Crippen LogP contribution is -2.33. The van der Waals surface area contributed by atoms with Gasteiger partial charge >= 0.3 is 5.97 Å². The van der Waals surface area contributed by atoms with Gasteiger partial charge in [-0.05, 0) is 41.5 Å². The Bertz CT molecular complexity index is 1120. The van der Waals surface area contributed by atoms with Crippen molar-refractivity contribution in [3.63, 3.8) is 0 Å². The second-order valence-corrected chi connectivity index (χ2v) is 9.77. The summed E-state index contributed by atoms with van der Waals surface area (Å²) in [7, 11) is 0. The van der Waals surface area contributed by atoms with Crippen molar-refractivity contribution in [1.82, 2.24) is 4.90 Å². The van der Waals surface area contributed by atoms with Crippen LogP contribution in [0.4, 0.5) is 0 Å². The highest BCUT2D eigenvalue weighted by Gasteiger charge is 2.19. The van der Waals surface area contributed by atoms with Crippen LogP contribution in [0, 0.1) is 5.92 Å². The number of hydrogen-bond donors (Lipinski definition) is 1. The number of likely N-dealkylation sites (tertiary alicyclic amines) is 1. The van der Waals surface area contributed by atoms with Crippen molar-refractivity contribution in [2.45, 2.75) is 46.5 Å². The van der Waals surface area contributed by atoms with Gasteiger partial charge in [0.15, 0.2) is 5.78 Å². The fourth-order valence-corrected chi connectivity index (χ4v) is 4.41. The van der Waals surface area contributed by atoms with E-state index in [1.165, 1.54) is 27.8 Å². The van der Waals surface area contributed by atoms with Gasteiger partial charge in [0.25, 0.3) is 0 Å². The van der Waals surface area contributed by atoms with E-state index in [2.05, 4.69) is 84.6 Å². The molecule has 0 amide bonds. The molecule has 1 N–H and O–H groups in total. The average molecular weight is 534 g/mol. The molecule has 0 spiro atoms. The first kappa shape index (κ1) is 31.0. The zero-order valence-corrected chi connectivity index (χ0v) is 23.5. The maximum Gasteiger partial charge on any atom is 0.305 e. The molecule has 0 atom stereocenters. The first-order valence-corrected chi connectivity index (χ1v) is 13.3. The SMILES string of the molecule is CC(C)C(=O)O.CCc1ccc(C(=O)CCN2CCC(=C(c3ccccc3)c3ccccc3)CC2)cc1.Cl. The fraction of sp³-hybridized carbons (Fsp3) is 0.333. The van der Waals surface area contributed by atoms with Crippen LogP contribution in [0.3, 0.4) is 0 Å². The van der Waals surface area contributed by atoms with Gasteiger partial charge < -0.3 is 10.0 Å². The Morgan fingerprint density at radius 2 is 1.26 bits per heavy atom. The lowest BCUT2D eigenvalue weighted by atomic mass is 9.88. The van der Waals surface area contributed by atoms with Crippen LogP contribution in [0.25, 0.3) is 5.57 Å². The molecule has 1 heterocycles. The fourth-order valence-electron chi connectivity index (χ4n) is 4.41. The summed E-state index contributed by atoms with van der Waals surface area (Å²) in [6.07, 6.45) is 3.71. The smallest absolute Gasteiger partial charge is 0.305 e. The quantitative estimate of drug-likeness (QED) is 0.303. The van der Waals surface area contributed by atoms with Crippen molar-refractivity contribution < 1.29 is 14.7 Å². The van der Waals surface area contributed by atoms with E-state index in [-0.39, 0.29) is 24.1 Å². The molecule has 4 nitrogen and oxygen atoms in total. The lowest BCUT2D eigenvalue weighted by molar-refractivity contribution is -0.140. The van der Waals surface area contributed by atoms with E-state index in [4.69, 9.17) is 5.11 Å². The van der Waals surface area contributed by atoms with Gasteiger partial charge in [0.1, 0.15) is 0 Å². The van der Waals surface area contributed by atoms with Crippen molar-refractivity contribution in [3.05, 3.63) is 113 Å². The number of rotatable bonds is 8. The number of Topliss-reactive ketones (excluding diaryl/α,β-unsaturated/α-hetero) is 1. The molecule has 0 aromatic heterocycles. The molecule has 4 rings (SSSR count). The van der Waals surface area contributed by atoms with E-state index < -0.39 is 5.97 Å². The molecule has 0 saturated carbocycles. The molecule has 0 bridgehead atoms. The molecule has 1 saturated heterocycles. The molecule has 3 aromatic rings. The van der Waals surface area contributed by atoms with E-state index in [0.717, 1.165) is 44.5 Å². The maximum atomic E-state index is 12.6. The third-order valence-corrected chi connectivity index (χ3v) is 6.77. The first-order valence-electron chi connectivity index (χ1n) is 13.3. The highest BCUT2D eigenvalue weighted by atomic mass is 35.5. The topological polar surface area (TPSA) is 57.6 Å². The van der Waals surface area contributed by atoms with E-state index in [9.17, 15) is 9.59 Å². The van der Waals surface area contributed by atoms with Crippen LogP contribution in [0.5, 0.6) is 0 Å². The summed E-state index contributed by atoms with van der Waals surface area (Å²) in [6.45, 7) is 8.29. The number of carboxylic acids is 1. The molecule has 1 fully saturated rings. The molecule has 202 valence electrons. The highest BCUT2D eigenvalue weighted by molar-refractivity contribution is 5.96. The number of aryl methyl sites for hydroxylation is 1. The Morgan fingerprint density at radius 3 is 1.68 bits per heavy atom. The normalized spacial score (nSPS) is 13.2. The molecule has 1 aliphatic rings. The van der Waals surface area contributed by atoms with E-state index >= 15 is 0 Å². The summed E-state index contributed by atoms with van der Waals surface area (Å²) in [6, 6.07) is 29.6. The summed E-state index contributed by atoms with van der Waals surface area (Å²) < 4.78 is 0. The van der Waals surface area contributed by atoms with Gasteiger partial charge in [-0.25, -0.2) is 0 Å². The van der Waals surface area contributed by atoms with Crippen molar-refractivity contribution in [2.24, 2.45) is 5.92 Å². The largest absolute Gasteiger partial charge is 0.481 e. The van der Waals surface area contributed by atoms with Crippen LogP contribution in [-0.2, 0) is 11.2 Å². The van der Waals surface area contributed by atoms with E-state index in [1.54, 1.807) is 13.8 Å². The number of ketones is 1. The summed E-state index contributed by atoms with van der Waals surface area (Å²) in [4.78, 5) is 24.7. The van der Waals surface area contributed by atoms with Gasteiger partial charge in [-0.2, -0.15) is 0 Å². The second-order valence-electron chi connectivity index (χ2n) is 9.77. The van der Waals surface area contributed by atoms with E-state index in [1.807, 2.05) is 12.1 Å². The predicted molar refractivity (Wildman–Crippen MR) is 159 cm³/mol. The number of aliphatic carboxylic acids is 1. The number of piperidine rings is 1. The minimum atomic E-state index is -0.741. The summed E-state index contributed by atoms with van der Waals surface area (Å²) in [5.41, 5.74) is 7.61. The standard InChI is InChI=1S/C29H31NO.C4H8O2.ClH/c1-2-23-13-15-24(16-14-23)28(31)19-22-30-20-17-27(18-21-30)29(25-9-5-3-6-10-25)26-11-7-4-8-12-26;1-3(2)4(5)6;/h3-16H,2,17-22H2,1H3;3H,1-2H3,(H,5,6);1H. The summed E-state index contributed by atoms with van der Waals surface area (Å²) in [5.74, 6) is -0.724. The van der Waals surface area contributed by atoms with Gasteiger partial charge in [0, 0.05) is 31.6 Å². The van der Waals surface area contributed by atoms with Crippen LogP contribution in [0.1, 0.15) is 67.1 Å². The highest BCUT2D eigenvalue weighted by Crippen LogP contribution is 2.32. The maximum absolute atomic E-state index is 12.6. The Balaban J connectivity index is 0.000000652. The predicted octanol–water partition coefficient (Wildman–Crippen LogP) is 7.57. The number of nitrogens with zero attached hydrogens (tertiary/aromatic N) is 1. The molecular weight excluding hydrogens is 494 g/mol. The molecule has 38 heavy (non-hydrogen) atoms. The van der Waals surface area contributed by atoms with Gasteiger partial charge in [-0.1, -0.05) is 111 Å². The molecular formula is C33H40ClNO3. The Morgan fingerprint density at radius 1 is 0.789 bits per heavy atom. The van der Waals surface area contributed by atoms with Crippen LogP contribution < -0.4 is 0 Å². The van der Waals surface area contributed by atoms with Gasteiger partial charge in [-0.15, -0.1) is 12.4 Å². The monoisotopic (exact) mass is 533 g/mol. The zero-order valence-electron chi connectivity index (χ0n) is 22.7. The third kappa shape index (κ3) is 9.27. The number of halogens is 1. The average Bonchev–Trinajstić information content (AvgIpc) is 2.94. The van der Waals surface area contributed by atoms with Crippen LogP contribution in [-0.4, -0.2) is 41.4 Å². The summed E-state index contributed by atoms with van der Waals surface area (Å²) >= 11 is 0.